The second kappa shape index (κ2) is 13.3. The lowest BCUT2D eigenvalue weighted by Gasteiger charge is -2.44. The summed E-state index contributed by atoms with van der Waals surface area (Å²) in [4.78, 5) is 16.2. The lowest BCUT2D eigenvalue weighted by atomic mass is 9.69. The van der Waals surface area contributed by atoms with Gasteiger partial charge in [-0.3, -0.25) is 4.79 Å². The third kappa shape index (κ3) is 6.52. The van der Waals surface area contributed by atoms with Crippen molar-refractivity contribution in [2.45, 2.75) is 87.9 Å². The number of carbonyl (C=O) groups excluding carboxylic acids is 1. The Morgan fingerprint density at radius 1 is 1.09 bits per heavy atom. The molecule has 1 saturated carbocycles. The highest BCUT2D eigenvalue weighted by atomic mass is 35.5. The Morgan fingerprint density at radius 3 is 2.68 bits per heavy atom. The number of rotatable bonds is 3. The Balaban J connectivity index is 1.26. The van der Waals surface area contributed by atoms with Crippen molar-refractivity contribution in [1.82, 2.24) is 4.72 Å². The average molecular weight is 683 g/mol. The lowest BCUT2D eigenvalue weighted by molar-refractivity contribution is 0.0963. The molecular formula is C37H47ClN2O6S. The third-order valence-corrected chi connectivity index (χ3v) is 13.8. The molecule has 10 heteroatoms. The Labute approximate surface area is 284 Å². The highest BCUT2D eigenvalue weighted by Crippen LogP contribution is 2.48. The first-order chi connectivity index (χ1) is 22.7. The zero-order chi connectivity index (χ0) is 32.8. The Bertz CT molecular complexity index is 1640. The first-order valence-corrected chi connectivity index (χ1v) is 19.3. The number of methoxy groups -OCH3 is 1. The van der Waals surface area contributed by atoms with Crippen molar-refractivity contribution in [3.05, 3.63) is 64.2 Å². The van der Waals surface area contributed by atoms with E-state index in [1.807, 2.05) is 25.1 Å². The van der Waals surface area contributed by atoms with Gasteiger partial charge in [0.05, 0.1) is 35.8 Å². The van der Waals surface area contributed by atoms with E-state index in [4.69, 9.17) is 25.8 Å². The van der Waals surface area contributed by atoms with Gasteiger partial charge in [0.15, 0.2) is 0 Å². The molecule has 0 radical (unpaired) electrons. The lowest BCUT2D eigenvalue weighted by Crippen LogP contribution is -2.48. The van der Waals surface area contributed by atoms with Crippen LogP contribution in [0.3, 0.4) is 0 Å². The molecule has 7 rings (SSSR count). The number of carbonyl (C=O) groups is 1. The smallest absolute Gasteiger partial charge is 0.264 e. The van der Waals surface area contributed by atoms with Gasteiger partial charge >= 0.3 is 0 Å². The van der Waals surface area contributed by atoms with Crippen LogP contribution < -0.4 is 19.1 Å². The fourth-order valence-electron chi connectivity index (χ4n) is 8.64. The Hall–Kier alpha value is -2.75. The summed E-state index contributed by atoms with van der Waals surface area (Å²) in [6.07, 6.45) is 13.4. The number of sulfonamides is 1. The van der Waals surface area contributed by atoms with Gasteiger partial charge in [0.25, 0.3) is 5.91 Å². The predicted molar refractivity (Wildman–Crippen MR) is 184 cm³/mol. The third-order valence-electron chi connectivity index (χ3n) is 11.5. The first-order valence-electron chi connectivity index (χ1n) is 17.4. The summed E-state index contributed by atoms with van der Waals surface area (Å²) in [7, 11) is -2.33. The van der Waals surface area contributed by atoms with Gasteiger partial charge < -0.3 is 19.1 Å². The number of halogens is 1. The molecule has 1 spiro atoms. The molecule has 2 aromatic rings. The van der Waals surface area contributed by atoms with Gasteiger partial charge in [-0.2, -0.15) is 0 Å². The van der Waals surface area contributed by atoms with Gasteiger partial charge in [-0.05, 0) is 123 Å². The zero-order valence-electron chi connectivity index (χ0n) is 27.5. The molecule has 6 atom stereocenters. The monoisotopic (exact) mass is 682 g/mol. The molecule has 3 aliphatic heterocycles. The van der Waals surface area contributed by atoms with Crippen molar-refractivity contribution in [3.63, 3.8) is 0 Å². The van der Waals surface area contributed by atoms with Crippen LogP contribution in [0.4, 0.5) is 5.69 Å². The van der Waals surface area contributed by atoms with Crippen molar-refractivity contribution in [3.8, 4) is 11.5 Å². The highest BCUT2D eigenvalue weighted by molar-refractivity contribution is 7.90. The van der Waals surface area contributed by atoms with Gasteiger partial charge in [-0.1, -0.05) is 30.7 Å². The normalized spacial score (nSPS) is 32.6. The van der Waals surface area contributed by atoms with Crippen molar-refractivity contribution >= 4 is 33.2 Å². The molecule has 5 aliphatic rings. The van der Waals surface area contributed by atoms with Gasteiger partial charge in [-0.25, -0.2) is 13.1 Å². The molecule has 0 unspecified atom stereocenters. The fraction of sp³-hybridized carbons (Fsp3) is 0.595. The Kier molecular flexibility index (Phi) is 9.26. The van der Waals surface area contributed by atoms with Gasteiger partial charge in [0.2, 0.25) is 10.0 Å². The highest BCUT2D eigenvalue weighted by Gasteiger charge is 2.44. The number of aryl methyl sites for hydroxylation is 1. The number of fused-ring (bicyclic) bond motifs is 4. The van der Waals surface area contributed by atoms with E-state index >= 15 is 0 Å². The molecule has 2 fully saturated rings. The van der Waals surface area contributed by atoms with E-state index < -0.39 is 21.2 Å². The van der Waals surface area contributed by atoms with Crippen LogP contribution in [-0.4, -0.2) is 59.1 Å². The van der Waals surface area contributed by atoms with E-state index in [9.17, 15) is 13.2 Å². The number of hydrogen-bond acceptors (Lipinski definition) is 7. The minimum Gasteiger partial charge on any atom is -0.495 e. The second-order valence-corrected chi connectivity index (χ2v) is 16.8. The number of nitrogens with zero attached hydrogens (tertiary/aromatic N) is 1. The van der Waals surface area contributed by atoms with E-state index in [0.29, 0.717) is 54.2 Å². The molecular weight excluding hydrogens is 636 g/mol. The van der Waals surface area contributed by atoms with Crippen molar-refractivity contribution in [1.29, 1.82) is 0 Å². The summed E-state index contributed by atoms with van der Waals surface area (Å²) in [6.45, 7) is 4.70. The van der Waals surface area contributed by atoms with Crippen LogP contribution in [0.25, 0.3) is 0 Å². The van der Waals surface area contributed by atoms with E-state index in [0.717, 1.165) is 69.5 Å². The van der Waals surface area contributed by atoms with Crippen molar-refractivity contribution < 1.29 is 27.4 Å². The largest absolute Gasteiger partial charge is 0.495 e. The summed E-state index contributed by atoms with van der Waals surface area (Å²) in [6, 6.07) is 9.51. The summed E-state index contributed by atoms with van der Waals surface area (Å²) >= 11 is 6.58. The molecule has 1 amide bonds. The molecule has 8 nitrogen and oxygen atoms in total. The SMILES string of the molecule is COc1cc2c(cc1Cl)CCC[C@]21COc2ccc3cc2N(C[C@@H]2CC[C@@H]2C/C=C/C[C@H](C)[C@H](C[C@H]2CCCO2)S(=O)(=O)NC3=O)C1. The van der Waals surface area contributed by atoms with E-state index in [-0.39, 0.29) is 17.4 Å². The van der Waals surface area contributed by atoms with E-state index in [1.54, 1.807) is 13.2 Å². The summed E-state index contributed by atoms with van der Waals surface area (Å²) in [5.74, 6) is 1.69. The number of benzene rings is 2. The van der Waals surface area contributed by atoms with Crippen LogP contribution in [0.2, 0.25) is 5.02 Å². The molecule has 2 aliphatic carbocycles. The van der Waals surface area contributed by atoms with Crippen LogP contribution in [0.5, 0.6) is 11.5 Å². The Morgan fingerprint density at radius 2 is 1.91 bits per heavy atom. The number of amides is 1. The first kappa shape index (κ1) is 32.8. The predicted octanol–water partition coefficient (Wildman–Crippen LogP) is 6.83. The average Bonchev–Trinajstić information content (AvgIpc) is 3.51. The summed E-state index contributed by atoms with van der Waals surface area (Å²) in [5, 5.41) is -0.115. The maximum Gasteiger partial charge on any atom is 0.264 e. The quantitative estimate of drug-likeness (QED) is 0.355. The second-order valence-electron chi connectivity index (χ2n) is 14.5. The molecule has 2 aromatic carbocycles. The van der Waals surface area contributed by atoms with Gasteiger partial charge in [0.1, 0.15) is 11.5 Å². The number of allylic oxidation sites excluding steroid dienone is 2. The van der Waals surface area contributed by atoms with Crippen molar-refractivity contribution in [2.24, 2.45) is 17.8 Å². The molecule has 254 valence electrons. The van der Waals surface area contributed by atoms with Crippen LogP contribution >= 0.6 is 11.6 Å². The van der Waals surface area contributed by atoms with E-state index in [2.05, 4.69) is 27.8 Å². The minimum atomic E-state index is -3.98. The van der Waals surface area contributed by atoms with E-state index in [1.165, 1.54) is 17.5 Å². The molecule has 1 saturated heterocycles. The topological polar surface area (TPSA) is 94.2 Å². The summed E-state index contributed by atoms with van der Waals surface area (Å²) < 4.78 is 48.4. The fourth-order valence-corrected chi connectivity index (χ4v) is 10.6. The maximum absolute atomic E-state index is 13.9. The van der Waals surface area contributed by atoms with Gasteiger partial charge in [0, 0.05) is 30.7 Å². The van der Waals surface area contributed by atoms with Crippen molar-refractivity contribution in [2.75, 3.05) is 38.3 Å². The van der Waals surface area contributed by atoms with Crippen LogP contribution in [-0.2, 0) is 26.6 Å². The zero-order valence-corrected chi connectivity index (χ0v) is 29.1. The summed E-state index contributed by atoms with van der Waals surface area (Å²) in [5.41, 5.74) is 3.32. The molecule has 47 heavy (non-hydrogen) atoms. The van der Waals surface area contributed by atoms with Crippen LogP contribution in [0, 0.1) is 17.8 Å². The standard InChI is InChI=1S/C37H47ClN2O6S/c1-24-7-3-4-8-25-11-12-28(25)21-40-22-37(15-5-9-26-17-31(38)34(44-2)20-30(26)37)23-46-33-14-13-27(18-32(33)40)36(41)39-47(42,43)35(24)19-29-10-6-16-45-29/h3-4,13-14,17-18,20,24-25,28-29,35H,5-12,15-16,19,21-23H2,1-2H3,(H,39,41)/b4-3+/t24-,25-,28-,29+,35-,37-/m0/s1. The van der Waals surface area contributed by atoms with Gasteiger partial charge in [-0.15, -0.1) is 0 Å². The maximum atomic E-state index is 13.9. The number of anilines is 1. The molecule has 0 aromatic heterocycles. The number of hydrogen-bond donors (Lipinski definition) is 1. The number of nitrogens with one attached hydrogen (secondary N) is 1. The van der Waals surface area contributed by atoms with Crippen LogP contribution in [0.15, 0.2) is 42.5 Å². The molecule has 1 N–H and O–H groups in total. The minimum absolute atomic E-state index is 0.106. The number of ether oxygens (including phenoxy) is 3. The van der Waals surface area contributed by atoms with Crippen LogP contribution in [0.1, 0.15) is 86.2 Å². The molecule has 2 bridgehead atoms. The molecule has 3 heterocycles.